The first-order valence-corrected chi connectivity index (χ1v) is 22.2. The third kappa shape index (κ3) is 12.9. The standard InChI is InChI=1S/C46H63N9O6/c47-46(48)50-24-9-16-32-28-40(56)37(27-33-29-51-35-18-8-7-17-34(33)35)53-43(59)38(26-31-14-5-2-6-15-31)54-44(60)39-20-11-25-55(39)45(61)36(19-10-23-49-42(32)58)52-41(57)22-21-30-12-3-1-4-13-30/h1,3-4,7-8,12-13,17-18,29,31-32,36-39,51H,2,5-6,9-11,14-16,19-28H2,(H,49,58)(H,52,57)(H,53,59)(H,54,60)(H4,47,48,50)/t32-,36+,37+,38-,39+/m1/s1. The Balaban J connectivity index is 1.29. The molecule has 3 heterocycles. The molecule has 3 aliphatic rings. The number of carbonyl (C=O) groups is 6. The molecule has 0 spiro atoms. The lowest BCUT2D eigenvalue weighted by Gasteiger charge is -2.32. The molecule has 3 fully saturated rings. The summed E-state index contributed by atoms with van der Waals surface area (Å²) >= 11 is 0. The topological polar surface area (TPSA) is 234 Å². The number of aromatic nitrogens is 1. The molecule has 2 aromatic carbocycles. The molecule has 5 atom stereocenters. The number of nitrogens with two attached hydrogens (primary N) is 2. The van der Waals surface area contributed by atoms with Crippen molar-refractivity contribution in [2.75, 3.05) is 19.6 Å². The van der Waals surface area contributed by atoms with E-state index in [1.165, 1.54) is 4.90 Å². The molecule has 328 valence electrons. The van der Waals surface area contributed by atoms with E-state index in [4.69, 9.17) is 11.5 Å². The van der Waals surface area contributed by atoms with Gasteiger partial charge in [-0.15, -0.1) is 0 Å². The fraction of sp³-hybridized carbons (Fsp3) is 0.543. The maximum absolute atomic E-state index is 14.6. The van der Waals surface area contributed by atoms with Crippen LogP contribution < -0.4 is 32.7 Å². The highest BCUT2D eigenvalue weighted by atomic mass is 16.2. The van der Waals surface area contributed by atoms with Gasteiger partial charge in [-0.1, -0.05) is 80.6 Å². The number of benzene rings is 2. The summed E-state index contributed by atoms with van der Waals surface area (Å²) in [6.07, 6.45) is 10.2. The van der Waals surface area contributed by atoms with Gasteiger partial charge in [0, 0.05) is 61.9 Å². The fourth-order valence-electron chi connectivity index (χ4n) is 9.14. The maximum Gasteiger partial charge on any atom is 0.245 e. The van der Waals surface area contributed by atoms with Crippen LogP contribution in [-0.4, -0.2) is 95.0 Å². The molecule has 6 rings (SSSR count). The number of H-pyrrole nitrogens is 1. The molecule has 0 unspecified atom stereocenters. The Labute approximate surface area is 358 Å². The number of ketones is 1. The van der Waals surface area contributed by atoms with Crippen LogP contribution in [-0.2, 0) is 41.6 Å². The molecule has 15 heteroatoms. The molecule has 0 bridgehead atoms. The Kier molecular flexibility index (Phi) is 16.3. The molecular weight excluding hydrogens is 775 g/mol. The van der Waals surface area contributed by atoms with Crippen molar-refractivity contribution in [2.24, 2.45) is 28.3 Å². The highest BCUT2D eigenvalue weighted by molar-refractivity contribution is 5.97. The smallest absolute Gasteiger partial charge is 0.245 e. The number of guanidine groups is 1. The number of carbonyl (C=O) groups excluding carboxylic acids is 6. The molecule has 2 saturated heterocycles. The van der Waals surface area contributed by atoms with Crippen LogP contribution in [0.2, 0.25) is 0 Å². The van der Waals surface area contributed by atoms with Gasteiger partial charge in [0.05, 0.1) is 6.04 Å². The second-order valence-electron chi connectivity index (χ2n) is 17.0. The minimum absolute atomic E-state index is 0.0712. The van der Waals surface area contributed by atoms with Gasteiger partial charge in [0.25, 0.3) is 0 Å². The predicted molar refractivity (Wildman–Crippen MR) is 234 cm³/mol. The monoisotopic (exact) mass is 837 g/mol. The number of hydrogen-bond donors (Lipinski definition) is 7. The number of aromatic amines is 1. The van der Waals surface area contributed by atoms with Crippen LogP contribution in [0.25, 0.3) is 10.9 Å². The first kappa shape index (κ1) is 44.8. The molecule has 9 N–H and O–H groups in total. The number of nitrogens with one attached hydrogen (secondary N) is 5. The first-order chi connectivity index (χ1) is 29.5. The Hall–Kier alpha value is -5.73. The Morgan fingerprint density at radius 3 is 2.36 bits per heavy atom. The van der Waals surface area contributed by atoms with E-state index in [2.05, 4.69) is 31.2 Å². The van der Waals surface area contributed by atoms with E-state index in [1.807, 2.05) is 60.8 Å². The number of aliphatic imine (C=N–C) groups is 1. The van der Waals surface area contributed by atoms with Gasteiger partial charge < -0.3 is 42.6 Å². The Morgan fingerprint density at radius 2 is 1.57 bits per heavy atom. The number of fused-ring (bicyclic) bond motifs is 2. The molecule has 1 aliphatic carbocycles. The lowest BCUT2D eigenvalue weighted by Crippen LogP contribution is -2.58. The number of para-hydroxylation sites is 1. The van der Waals surface area contributed by atoms with Gasteiger partial charge in [0.1, 0.15) is 18.1 Å². The van der Waals surface area contributed by atoms with Crippen molar-refractivity contribution in [1.82, 2.24) is 31.2 Å². The Bertz CT molecular complexity index is 2010. The highest BCUT2D eigenvalue weighted by Gasteiger charge is 2.40. The van der Waals surface area contributed by atoms with E-state index in [1.54, 1.807) is 0 Å². The summed E-state index contributed by atoms with van der Waals surface area (Å²) in [4.78, 5) is 93.8. The fourth-order valence-corrected chi connectivity index (χ4v) is 9.14. The van der Waals surface area contributed by atoms with Crippen LogP contribution in [0.4, 0.5) is 0 Å². The molecule has 1 aromatic heterocycles. The van der Waals surface area contributed by atoms with Crippen molar-refractivity contribution in [2.45, 2.75) is 127 Å². The van der Waals surface area contributed by atoms with E-state index >= 15 is 0 Å². The summed E-state index contributed by atoms with van der Waals surface area (Å²) in [6.45, 7) is 0.777. The largest absolute Gasteiger partial charge is 0.370 e. The van der Waals surface area contributed by atoms with Gasteiger partial charge in [0.2, 0.25) is 29.5 Å². The molecule has 5 amide bonds. The van der Waals surface area contributed by atoms with Crippen molar-refractivity contribution in [3.63, 3.8) is 0 Å². The normalized spacial score (nSPS) is 23.9. The van der Waals surface area contributed by atoms with E-state index in [0.29, 0.717) is 51.5 Å². The molecule has 0 radical (unpaired) electrons. The third-order valence-electron chi connectivity index (χ3n) is 12.5. The first-order valence-electron chi connectivity index (χ1n) is 22.2. The van der Waals surface area contributed by atoms with Gasteiger partial charge in [-0.2, -0.15) is 0 Å². The third-order valence-corrected chi connectivity index (χ3v) is 12.5. The van der Waals surface area contributed by atoms with Crippen molar-refractivity contribution in [3.05, 3.63) is 71.9 Å². The molecule has 61 heavy (non-hydrogen) atoms. The van der Waals surface area contributed by atoms with Crippen molar-refractivity contribution in [1.29, 1.82) is 0 Å². The van der Waals surface area contributed by atoms with Crippen LogP contribution in [0.3, 0.4) is 0 Å². The van der Waals surface area contributed by atoms with E-state index in [9.17, 15) is 28.8 Å². The number of hydrogen-bond acceptors (Lipinski definition) is 7. The number of amides is 5. The minimum Gasteiger partial charge on any atom is -0.370 e. The van der Waals surface area contributed by atoms with Crippen molar-refractivity contribution in [3.8, 4) is 0 Å². The van der Waals surface area contributed by atoms with Crippen LogP contribution in [0.5, 0.6) is 0 Å². The second-order valence-corrected chi connectivity index (χ2v) is 17.0. The zero-order valence-corrected chi connectivity index (χ0v) is 35.2. The molecule has 15 nitrogen and oxygen atoms in total. The van der Waals surface area contributed by atoms with Crippen LogP contribution >= 0.6 is 0 Å². The van der Waals surface area contributed by atoms with Gasteiger partial charge in [0.15, 0.2) is 11.7 Å². The number of rotatable bonds is 12. The summed E-state index contributed by atoms with van der Waals surface area (Å²) in [5, 5.41) is 12.9. The SMILES string of the molecule is NC(N)=NCCC[C@@H]1CC(=O)[C@H](Cc2c[nH]c3ccccc23)NC(=O)[C@@H](CC2CCCCC2)NC(=O)[C@@H]2CCCN2C(=O)[C@@H](NC(=O)CCc2ccccc2)CCCNC1=O. The molecular formula is C46H63N9O6. The van der Waals surface area contributed by atoms with Crippen LogP contribution in [0, 0.1) is 11.8 Å². The van der Waals surface area contributed by atoms with Gasteiger partial charge in [-0.3, -0.25) is 33.8 Å². The quantitative estimate of drug-likeness (QED) is 0.0811. The van der Waals surface area contributed by atoms with Crippen molar-refractivity contribution >= 4 is 52.2 Å². The van der Waals surface area contributed by atoms with Gasteiger partial charge in [-0.05, 0) is 74.5 Å². The molecule has 3 aromatic rings. The van der Waals surface area contributed by atoms with Crippen LogP contribution in [0.15, 0.2) is 65.8 Å². The average molecular weight is 838 g/mol. The zero-order valence-electron chi connectivity index (χ0n) is 35.2. The number of nitrogens with zero attached hydrogens (tertiary/aromatic N) is 2. The second kappa shape index (κ2) is 22.2. The highest BCUT2D eigenvalue weighted by Crippen LogP contribution is 2.29. The van der Waals surface area contributed by atoms with E-state index in [0.717, 1.165) is 54.1 Å². The van der Waals surface area contributed by atoms with Crippen LogP contribution in [0.1, 0.15) is 101 Å². The van der Waals surface area contributed by atoms with E-state index < -0.39 is 41.9 Å². The molecule has 2 aliphatic heterocycles. The number of aryl methyl sites for hydroxylation is 1. The lowest BCUT2D eigenvalue weighted by atomic mass is 9.84. The molecule has 1 saturated carbocycles. The average Bonchev–Trinajstić information content (AvgIpc) is 3.92. The summed E-state index contributed by atoms with van der Waals surface area (Å²) < 4.78 is 0. The lowest BCUT2D eigenvalue weighted by molar-refractivity contribution is -0.142. The van der Waals surface area contributed by atoms with Crippen molar-refractivity contribution < 1.29 is 28.8 Å². The summed E-state index contributed by atoms with van der Waals surface area (Å²) in [5.41, 5.74) is 13.8. The number of Topliss-reactive ketones (excluding diaryl/α,β-unsaturated/α-hetero) is 1. The summed E-state index contributed by atoms with van der Waals surface area (Å²) in [7, 11) is 0. The van der Waals surface area contributed by atoms with E-state index in [-0.39, 0.29) is 74.2 Å². The minimum atomic E-state index is -1.000. The summed E-state index contributed by atoms with van der Waals surface area (Å²) in [6, 6.07) is 13.6. The predicted octanol–water partition coefficient (Wildman–Crippen LogP) is 3.30. The summed E-state index contributed by atoms with van der Waals surface area (Å²) in [5.74, 6) is -2.85. The zero-order chi connectivity index (χ0) is 43.1. The Morgan fingerprint density at radius 1 is 0.820 bits per heavy atom. The van der Waals surface area contributed by atoms with Gasteiger partial charge >= 0.3 is 0 Å². The van der Waals surface area contributed by atoms with Gasteiger partial charge in [-0.25, -0.2) is 0 Å². The maximum atomic E-state index is 14.6.